The topological polar surface area (TPSA) is 69.5 Å². The Bertz CT molecular complexity index is 1020. The number of hydrogen-bond acceptors (Lipinski definition) is 2. The molecule has 1 atom stereocenters. The normalized spacial score (nSPS) is 11.5. The van der Waals surface area contributed by atoms with E-state index in [-0.39, 0.29) is 24.3 Å². The minimum atomic E-state index is -0.307. The van der Waals surface area contributed by atoms with Crippen molar-refractivity contribution in [2.24, 2.45) is 0 Å². The number of nitrogens with two attached hydrogens (primary N) is 1. The van der Waals surface area contributed by atoms with Crippen LogP contribution in [0.3, 0.4) is 0 Å². The summed E-state index contributed by atoms with van der Waals surface area (Å²) in [6.07, 6.45) is 0.940. The van der Waals surface area contributed by atoms with Gasteiger partial charge in [-0.15, -0.1) is 0 Å². The van der Waals surface area contributed by atoms with Crippen LogP contribution >= 0.6 is 0 Å². The SMILES string of the molecule is CCc1ccc([C@@H]([NH2+]CC(=O)Nc2ccccc2C#N)c2cccc(F)c2)cc1. The number of quaternary nitrogens is 1. The number of benzene rings is 3. The van der Waals surface area contributed by atoms with Crippen molar-refractivity contribution in [1.29, 1.82) is 5.26 Å². The molecule has 5 heteroatoms. The summed E-state index contributed by atoms with van der Waals surface area (Å²) >= 11 is 0. The van der Waals surface area contributed by atoms with Gasteiger partial charge in [-0.25, -0.2) is 4.39 Å². The number of nitriles is 1. The smallest absolute Gasteiger partial charge is 0.279 e. The second-order valence-electron chi connectivity index (χ2n) is 6.77. The standard InChI is InChI=1S/C24H22FN3O/c1-2-17-10-12-18(13-11-17)24(19-7-5-8-21(25)14-19)27-16-23(29)28-22-9-4-3-6-20(22)15-26/h3-14,24,27H,2,16H2,1H3,(H,28,29)/p+1/t24-/m1/s1. The largest absolute Gasteiger partial charge is 0.328 e. The number of hydrogen-bond donors (Lipinski definition) is 2. The van der Waals surface area contributed by atoms with Gasteiger partial charge >= 0.3 is 0 Å². The molecule has 1 amide bonds. The Morgan fingerprint density at radius 2 is 1.83 bits per heavy atom. The summed E-state index contributed by atoms with van der Waals surface area (Å²) < 4.78 is 13.8. The molecule has 0 aliphatic rings. The molecule has 0 aliphatic carbocycles. The zero-order valence-corrected chi connectivity index (χ0v) is 16.2. The van der Waals surface area contributed by atoms with Crippen molar-refractivity contribution < 1.29 is 14.5 Å². The van der Waals surface area contributed by atoms with Crippen LogP contribution in [0.25, 0.3) is 0 Å². The highest BCUT2D eigenvalue weighted by Crippen LogP contribution is 2.20. The third kappa shape index (κ3) is 5.28. The maximum absolute atomic E-state index is 13.8. The fourth-order valence-corrected chi connectivity index (χ4v) is 3.24. The summed E-state index contributed by atoms with van der Waals surface area (Å²) in [4.78, 5) is 12.5. The number of anilines is 1. The fourth-order valence-electron chi connectivity index (χ4n) is 3.24. The number of carbonyl (C=O) groups excluding carboxylic acids is 1. The predicted molar refractivity (Wildman–Crippen MR) is 111 cm³/mol. The molecule has 0 heterocycles. The van der Waals surface area contributed by atoms with Crippen LogP contribution in [0.4, 0.5) is 10.1 Å². The molecule has 0 unspecified atom stereocenters. The van der Waals surface area contributed by atoms with Crippen molar-refractivity contribution in [2.75, 3.05) is 11.9 Å². The van der Waals surface area contributed by atoms with E-state index in [1.807, 2.05) is 23.5 Å². The molecular formula is C24H23FN3O+. The highest BCUT2D eigenvalue weighted by molar-refractivity contribution is 5.92. The van der Waals surface area contributed by atoms with E-state index in [4.69, 9.17) is 0 Å². The summed E-state index contributed by atoms with van der Waals surface area (Å²) in [6, 6.07) is 23.3. The lowest BCUT2D eigenvalue weighted by molar-refractivity contribution is -0.676. The van der Waals surface area contributed by atoms with Crippen molar-refractivity contribution in [1.82, 2.24) is 0 Å². The summed E-state index contributed by atoms with van der Waals surface area (Å²) in [5, 5.41) is 13.8. The van der Waals surface area contributed by atoms with Crippen LogP contribution in [0.5, 0.6) is 0 Å². The number of para-hydroxylation sites is 1. The van der Waals surface area contributed by atoms with Gasteiger partial charge in [0, 0.05) is 11.1 Å². The Morgan fingerprint density at radius 3 is 2.52 bits per heavy atom. The number of nitrogens with zero attached hydrogens (tertiary/aromatic N) is 1. The van der Waals surface area contributed by atoms with Gasteiger partial charge in [0.1, 0.15) is 17.9 Å². The maximum Gasteiger partial charge on any atom is 0.279 e. The number of aryl methyl sites for hydroxylation is 1. The van der Waals surface area contributed by atoms with Crippen LogP contribution in [-0.2, 0) is 11.2 Å². The first kappa shape index (κ1) is 20.2. The molecule has 3 N–H and O–H groups in total. The van der Waals surface area contributed by atoms with Crippen molar-refractivity contribution in [3.63, 3.8) is 0 Å². The van der Waals surface area contributed by atoms with E-state index < -0.39 is 0 Å². The maximum atomic E-state index is 13.8. The third-order valence-electron chi connectivity index (χ3n) is 4.82. The Kier molecular flexibility index (Phi) is 6.72. The molecule has 0 bridgehead atoms. The highest BCUT2D eigenvalue weighted by atomic mass is 19.1. The number of amides is 1. The minimum Gasteiger partial charge on any atom is -0.328 e. The predicted octanol–water partition coefficient (Wildman–Crippen LogP) is 3.55. The van der Waals surface area contributed by atoms with Gasteiger partial charge in [0.15, 0.2) is 6.54 Å². The lowest BCUT2D eigenvalue weighted by Gasteiger charge is -2.17. The molecule has 0 fully saturated rings. The van der Waals surface area contributed by atoms with Gasteiger partial charge in [-0.05, 0) is 36.2 Å². The lowest BCUT2D eigenvalue weighted by atomic mass is 9.97. The average Bonchev–Trinajstić information content (AvgIpc) is 2.75. The fraction of sp³-hybridized carbons (Fsp3) is 0.167. The second-order valence-corrected chi connectivity index (χ2v) is 6.77. The van der Waals surface area contributed by atoms with Crippen molar-refractivity contribution >= 4 is 11.6 Å². The second kappa shape index (κ2) is 9.63. The zero-order chi connectivity index (χ0) is 20.6. The molecule has 0 saturated carbocycles. The van der Waals surface area contributed by atoms with Crippen LogP contribution in [0, 0.1) is 17.1 Å². The van der Waals surface area contributed by atoms with Gasteiger partial charge in [-0.2, -0.15) is 5.26 Å². The van der Waals surface area contributed by atoms with Gasteiger partial charge in [-0.3, -0.25) is 4.79 Å². The molecule has 0 aliphatic heterocycles. The molecule has 29 heavy (non-hydrogen) atoms. The Balaban J connectivity index is 1.78. The Labute approximate surface area is 170 Å². The number of halogens is 1. The van der Waals surface area contributed by atoms with Crippen LogP contribution < -0.4 is 10.6 Å². The first-order valence-corrected chi connectivity index (χ1v) is 9.57. The van der Waals surface area contributed by atoms with Gasteiger partial charge < -0.3 is 10.6 Å². The highest BCUT2D eigenvalue weighted by Gasteiger charge is 2.20. The van der Waals surface area contributed by atoms with Gasteiger partial charge in [0.05, 0.1) is 11.3 Å². The molecule has 3 aromatic rings. The number of rotatable bonds is 7. The van der Waals surface area contributed by atoms with Crippen LogP contribution in [-0.4, -0.2) is 12.5 Å². The molecule has 146 valence electrons. The van der Waals surface area contributed by atoms with Crippen molar-refractivity contribution in [3.05, 3.63) is 101 Å². The molecule has 0 radical (unpaired) electrons. The van der Waals surface area contributed by atoms with E-state index in [1.165, 1.54) is 17.7 Å². The van der Waals surface area contributed by atoms with Crippen molar-refractivity contribution in [3.8, 4) is 6.07 Å². The lowest BCUT2D eigenvalue weighted by Crippen LogP contribution is -2.87. The van der Waals surface area contributed by atoms with E-state index in [0.29, 0.717) is 11.3 Å². The van der Waals surface area contributed by atoms with E-state index in [1.54, 1.807) is 30.3 Å². The monoisotopic (exact) mass is 388 g/mol. The Hall–Kier alpha value is -3.49. The van der Waals surface area contributed by atoms with Crippen molar-refractivity contribution in [2.45, 2.75) is 19.4 Å². The van der Waals surface area contributed by atoms with Gasteiger partial charge in [-0.1, -0.05) is 55.5 Å². The minimum absolute atomic E-state index is 0.135. The molecule has 0 saturated heterocycles. The Morgan fingerprint density at radius 1 is 1.07 bits per heavy atom. The molecule has 0 spiro atoms. The van der Waals surface area contributed by atoms with Gasteiger partial charge in [0.25, 0.3) is 5.91 Å². The van der Waals surface area contributed by atoms with E-state index in [2.05, 4.69) is 30.4 Å². The summed E-state index contributed by atoms with van der Waals surface area (Å²) in [6.45, 7) is 2.23. The zero-order valence-electron chi connectivity index (χ0n) is 16.2. The number of carbonyl (C=O) groups is 1. The first-order valence-electron chi connectivity index (χ1n) is 9.57. The van der Waals surface area contributed by atoms with E-state index in [0.717, 1.165) is 17.5 Å². The molecule has 3 rings (SSSR count). The van der Waals surface area contributed by atoms with Crippen LogP contribution in [0.2, 0.25) is 0 Å². The molecule has 4 nitrogen and oxygen atoms in total. The third-order valence-corrected chi connectivity index (χ3v) is 4.82. The molecular weight excluding hydrogens is 365 g/mol. The average molecular weight is 388 g/mol. The molecule has 3 aromatic carbocycles. The summed E-state index contributed by atoms with van der Waals surface area (Å²) in [5.74, 6) is -0.530. The van der Waals surface area contributed by atoms with Gasteiger partial charge in [0.2, 0.25) is 0 Å². The van der Waals surface area contributed by atoms with E-state index >= 15 is 0 Å². The summed E-state index contributed by atoms with van der Waals surface area (Å²) in [7, 11) is 0. The summed E-state index contributed by atoms with van der Waals surface area (Å²) in [5.41, 5.74) is 3.91. The van der Waals surface area contributed by atoms with Crippen LogP contribution in [0.15, 0.2) is 72.8 Å². The quantitative estimate of drug-likeness (QED) is 0.650. The van der Waals surface area contributed by atoms with Crippen LogP contribution in [0.1, 0.15) is 35.2 Å². The molecule has 0 aromatic heterocycles. The first-order chi connectivity index (χ1) is 14.1. The van der Waals surface area contributed by atoms with E-state index in [9.17, 15) is 14.4 Å². The number of nitrogens with one attached hydrogen (secondary N) is 1.